The lowest BCUT2D eigenvalue weighted by Crippen LogP contribution is -2.22. The van der Waals surface area contributed by atoms with Crippen molar-refractivity contribution < 1.29 is 4.79 Å². The Balaban J connectivity index is 3.15. The van der Waals surface area contributed by atoms with Crippen LogP contribution in [0, 0.1) is 12.8 Å². The zero-order valence-electron chi connectivity index (χ0n) is 13.7. The monoisotopic (exact) mass is 282 g/mol. The van der Waals surface area contributed by atoms with Gasteiger partial charge in [0.15, 0.2) is 0 Å². The topological polar surface area (TPSA) is 43.1 Å². The minimum absolute atomic E-state index is 0.00174. The van der Waals surface area contributed by atoms with Crippen molar-refractivity contribution in [3.05, 3.63) is 6.92 Å². The maximum atomic E-state index is 11.0. The molecule has 2 heteroatoms. The number of nitrogens with two attached hydrogens (primary N) is 1. The molecule has 1 atom stereocenters. The van der Waals surface area contributed by atoms with Gasteiger partial charge in [-0.3, -0.25) is 4.79 Å². The van der Waals surface area contributed by atoms with Crippen molar-refractivity contribution in [2.75, 3.05) is 0 Å². The van der Waals surface area contributed by atoms with Crippen LogP contribution in [0.3, 0.4) is 0 Å². The normalized spacial score (nSPS) is 12.5. The molecular formula is C18H36NO. The molecule has 0 saturated heterocycles. The van der Waals surface area contributed by atoms with Crippen LogP contribution in [0.25, 0.3) is 0 Å². The van der Waals surface area contributed by atoms with Crippen LogP contribution in [-0.4, -0.2) is 5.91 Å². The third kappa shape index (κ3) is 12.5. The van der Waals surface area contributed by atoms with Gasteiger partial charge in [0.05, 0.1) is 0 Å². The number of carbonyl (C=O) groups is 1. The van der Waals surface area contributed by atoms with E-state index in [0.29, 0.717) is 6.42 Å². The second kappa shape index (κ2) is 14.9. The minimum atomic E-state index is -0.178. The lowest BCUT2D eigenvalue weighted by atomic mass is 9.97. The number of carbonyl (C=O) groups excluding carboxylic acids is 1. The maximum Gasteiger partial charge on any atom is 0.220 e. The molecule has 0 saturated carbocycles. The first-order chi connectivity index (χ1) is 9.72. The van der Waals surface area contributed by atoms with Gasteiger partial charge in [0.1, 0.15) is 0 Å². The highest BCUT2D eigenvalue weighted by Crippen LogP contribution is 2.15. The van der Waals surface area contributed by atoms with Crippen LogP contribution in [0.4, 0.5) is 0 Å². The SMILES string of the molecule is [CH2]CC(CCCCCCCCCCCCCC)C(N)=O. The average Bonchev–Trinajstić information content (AvgIpc) is 2.43. The zero-order valence-corrected chi connectivity index (χ0v) is 13.7. The first-order valence-electron chi connectivity index (χ1n) is 8.81. The molecule has 20 heavy (non-hydrogen) atoms. The molecule has 0 aliphatic carbocycles. The standard InChI is InChI=1S/C18H36NO/c1-3-5-6-7-8-9-10-11-12-13-14-15-16-17(4-2)18(19)20/h17H,2-16H2,1H3,(H2,19,20). The fourth-order valence-corrected chi connectivity index (χ4v) is 2.66. The van der Waals surface area contributed by atoms with E-state index >= 15 is 0 Å². The third-order valence-corrected chi connectivity index (χ3v) is 4.16. The Morgan fingerprint density at radius 3 is 1.60 bits per heavy atom. The quantitative estimate of drug-likeness (QED) is 0.401. The van der Waals surface area contributed by atoms with Crippen molar-refractivity contribution in [3.63, 3.8) is 0 Å². The molecular weight excluding hydrogens is 246 g/mol. The molecule has 2 nitrogen and oxygen atoms in total. The van der Waals surface area contributed by atoms with Crippen molar-refractivity contribution in [3.8, 4) is 0 Å². The molecule has 1 radical (unpaired) electrons. The average molecular weight is 282 g/mol. The number of hydrogen-bond acceptors (Lipinski definition) is 1. The van der Waals surface area contributed by atoms with Crippen LogP contribution in [0.1, 0.15) is 96.8 Å². The van der Waals surface area contributed by atoms with E-state index in [-0.39, 0.29) is 11.8 Å². The molecule has 0 heterocycles. The molecule has 1 unspecified atom stereocenters. The molecule has 0 bridgehead atoms. The highest BCUT2D eigenvalue weighted by Gasteiger charge is 2.11. The van der Waals surface area contributed by atoms with Gasteiger partial charge in [0.25, 0.3) is 0 Å². The Hall–Kier alpha value is -0.530. The Labute approximate surface area is 126 Å². The van der Waals surface area contributed by atoms with Gasteiger partial charge in [-0.05, 0) is 12.8 Å². The fraction of sp³-hybridized carbons (Fsp3) is 0.889. The van der Waals surface area contributed by atoms with Crippen molar-refractivity contribution in [2.45, 2.75) is 96.8 Å². The Morgan fingerprint density at radius 1 is 0.850 bits per heavy atom. The largest absolute Gasteiger partial charge is 0.369 e. The third-order valence-electron chi connectivity index (χ3n) is 4.16. The summed E-state index contributed by atoms with van der Waals surface area (Å²) in [7, 11) is 0. The Bertz CT molecular complexity index is 215. The lowest BCUT2D eigenvalue weighted by Gasteiger charge is -2.09. The summed E-state index contributed by atoms with van der Waals surface area (Å²) in [4.78, 5) is 11.0. The summed E-state index contributed by atoms with van der Waals surface area (Å²) in [5, 5.41) is 0. The molecule has 0 aliphatic heterocycles. The van der Waals surface area contributed by atoms with E-state index in [0.717, 1.165) is 12.8 Å². The van der Waals surface area contributed by atoms with Gasteiger partial charge >= 0.3 is 0 Å². The summed E-state index contributed by atoms with van der Waals surface area (Å²) >= 11 is 0. The molecule has 0 aromatic rings. The van der Waals surface area contributed by atoms with Crippen molar-refractivity contribution >= 4 is 5.91 Å². The number of rotatable bonds is 15. The van der Waals surface area contributed by atoms with Crippen LogP contribution in [0.5, 0.6) is 0 Å². The number of hydrogen-bond donors (Lipinski definition) is 1. The molecule has 119 valence electrons. The van der Waals surface area contributed by atoms with Crippen molar-refractivity contribution in [1.82, 2.24) is 0 Å². The first-order valence-corrected chi connectivity index (χ1v) is 8.81. The molecule has 2 N–H and O–H groups in total. The highest BCUT2D eigenvalue weighted by molar-refractivity contribution is 5.76. The Morgan fingerprint density at radius 2 is 1.25 bits per heavy atom. The van der Waals surface area contributed by atoms with Gasteiger partial charge in [0.2, 0.25) is 5.91 Å². The lowest BCUT2D eigenvalue weighted by molar-refractivity contribution is -0.121. The van der Waals surface area contributed by atoms with Crippen molar-refractivity contribution in [2.24, 2.45) is 11.7 Å². The smallest absolute Gasteiger partial charge is 0.220 e. The summed E-state index contributed by atoms with van der Waals surface area (Å²) < 4.78 is 0. The van der Waals surface area contributed by atoms with Crippen LogP contribution in [0.2, 0.25) is 0 Å². The Kier molecular flexibility index (Phi) is 14.5. The maximum absolute atomic E-state index is 11.0. The van der Waals surface area contributed by atoms with Crippen LogP contribution in [0.15, 0.2) is 0 Å². The number of primary amides is 1. The summed E-state index contributed by atoms with van der Waals surface area (Å²) in [5.41, 5.74) is 5.31. The van der Waals surface area contributed by atoms with Crippen LogP contribution in [-0.2, 0) is 4.79 Å². The molecule has 1 amide bonds. The van der Waals surface area contributed by atoms with E-state index in [1.165, 1.54) is 70.6 Å². The van der Waals surface area contributed by atoms with Gasteiger partial charge in [-0.1, -0.05) is 90.9 Å². The van der Waals surface area contributed by atoms with Crippen LogP contribution < -0.4 is 5.73 Å². The van der Waals surface area contributed by atoms with Gasteiger partial charge in [-0.25, -0.2) is 0 Å². The molecule has 0 aromatic heterocycles. The molecule has 0 rings (SSSR count). The summed E-state index contributed by atoms with van der Waals surface area (Å²) in [6.45, 7) is 6.05. The zero-order chi connectivity index (χ0) is 15.1. The molecule has 0 aromatic carbocycles. The molecule has 0 aliphatic rings. The predicted molar refractivity (Wildman–Crippen MR) is 88.4 cm³/mol. The van der Waals surface area contributed by atoms with Gasteiger partial charge in [-0.15, -0.1) is 0 Å². The van der Waals surface area contributed by atoms with E-state index in [1.807, 2.05) is 0 Å². The molecule has 0 fully saturated rings. The van der Waals surface area contributed by atoms with Gasteiger partial charge in [-0.2, -0.15) is 0 Å². The van der Waals surface area contributed by atoms with Gasteiger partial charge < -0.3 is 5.73 Å². The van der Waals surface area contributed by atoms with E-state index in [4.69, 9.17) is 5.73 Å². The van der Waals surface area contributed by atoms with Crippen molar-refractivity contribution in [1.29, 1.82) is 0 Å². The first kappa shape index (κ1) is 19.5. The second-order valence-corrected chi connectivity index (χ2v) is 6.07. The van der Waals surface area contributed by atoms with Gasteiger partial charge in [0, 0.05) is 5.92 Å². The molecule has 0 spiro atoms. The van der Waals surface area contributed by atoms with Crippen LogP contribution >= 0.6 is 0 Å². The summed E-state index contributed by atoms with van der Waals surface area (Å²) in [5.74, 6) is -0.179. The van der Waals surface area contributed by atoms with E-state index in [9.17, 15) is 4.79 Å². The number of amides is 1. The van der Waals surface area contributed by atoms with E-state index < -0.39 is 0 Å². The highest BCUT2D eigenvalue weighted by atomic mass is 16.1. The fourth-order valence-electron chi connectivity index (χ4n) is 2.66. The predicted octanol–water partition coefficient (Wildman–Crippen LogP) is 5.40. The van der Waals surface area contributed by atoms with E-state index in [1.54, 1.807) is 0 Å². The summed E-state index contributed by atoms with van der Waals surface area (Å²) in [6.07, 6.45) is 17.8. The number of unbranched alkanes of at least 4 members (excludes halogenated alkanes) is 11. The van der Waals surface area contributed by atoms with E-state index in [2.05, 4.69) is 13.8 Å². The summed E-state index contributed by atoms with van der Waals surface area (Å²) in [6, 6.07) is 0. The second-order valence-electron chi connectivity index (χ2n) is 6.07. The minimum Gasteiger partial charge on any atom is -0.369 e.